The van der Waals surface area contributed by atoms with Gasteiger partial charge in [0.1, 0.15) is 6.61 Å². The molecular formula is C20H23N3O7S. The summed E-state index contributed by atoms with van der Waals surface area (Å²) in [6, 6.07) is 14.8. The molecule has 31 heavy (non-hydrogen) atoms. The van der Waals surface area contributed by atoms with E-state index < -0.39 is 22.2 Å². The van der Waals surface area contributed by atoms with Crippen LogP contribution in [0, 0.1) is 0 Å². The van der Waals surface area contributed by atoms with Gasteiger partial charge in [0.15, 0.2) is 6.10 Å². The highest BCUT2D eigenvalue weighted by molar-refractivity contribution is 7.89. The van der Waals surface area contributed by atoms with E-state index >= 15 is 0 Å². The number of rotatable bonds is 6. The first-order chi connectivity index (χ1) is 14.8. The standard InChI is InChI=1S/C19H21N3O5S.CH2O2/c20-28(25,26)15-8-6-13(7-9-15)10-11-21-19(24)18-17(22-16(23)12-27-18)14-4-2-1-3-5-14;2-1-3/h1-9,17-18H,10-12H2,(H,21,24)(H,22,23)(H2,20,25,26);1H,(H,2,3)/t17-,18+;/m1./s1. The molecule has 10 nitrogen and oxygen atoms in total. The number of nitrogens with two attached hydrogens (primary N) is 1. The molecule has 1 saturated heterocycles. The second kappa shape index (κ2) is 11.2. The van der Waals surface area contributed by atoms with Crippen molar-refractivity contribution in [2.45, 2.75) is 23.5 Å². The first-order valence-corrected chi connectivity index (χ1v) is 10.7. The summed E-state index contributed by atoms with van der Waals surface area (Å²) in [7, 11) is -3.73. The maximum absolute atomic E-state index is 12.6. The van der Waals surface area contributed by atoms with Gasteiger partial charge in [-0.05, 0) is 29.7 Å². The number of amides is 2. The molecule has 0 unspecified atom stereocenters. The van der Waals surface area contributed by atoms with Crippen molar-refractivity contribution >= 4 is 28.3 Å². The summed E-state index contributed by atoms with van der Waals surface area (Å²) in [5.74, 6) is -0.595. The molecular weight excluding hydrogens is 426 g/mol. The van der Waals surface area contributed by atoms with Crippen LogP contribution < -0.4 is 15.8 Å². The fourth-order valence-corrected chi connectivity index (χ4v) is 3.49. The number of sulfonamides is 1. The Morgan fingerprint density at radius 1 is 1.19 bits per heavy atom. The van der Waals surface area contributed by atoms with E-state index in [9.17, 15) is 18.0 Å². The highest BCUT2D eigenvalue weighted by Crippen LogP contribution is 2.22. The van der Waals surface area contributed by atoms with Gasteiger partial charge in [0.05, 0.1) is 10.9 Å². The average Bonchev–Trinajstić information content (AvgIpc) is 2.74. The molecule has 0 spiro atoms. The maximum Gasteiger partial charge on any atom is 0.290 e. The smallest absolute Gasteiger partial charge is 0.290 e. The van der Waals surface area contributed by atoms with E-state index in [1.165, 1.54) is 12.1 Å². The van der Waals surface area contributed by atoms with Gasteiger partial charge in [-0.25, -0.2) is 13.6 Å². The summed E-state index contributed by atoms with van der Waals surface area (Å²) in [6.07, 6.45) is -0.323. The number of morpholine rings is 1. The summed E-state index contributed by atoms with van der Waals surface area (Å²) >= 11 is 0. The highest BCUT2D eigenvalue weighted by atomic mass is 32.2. The number of carbonyl (C=O) groups is 3. The van der Waals surface area contributed by atoms with Crippen LogP contribution in [0.5, 0.6) is 0 Å². The van der Waals surface area contributed by atoms with Gasteiger partial charge in [-0.2, -0.15) is 0 Å². The zero-order valence-electron chi connectivity index (χ0n) is 16.4. The summed E-state index contributed by atoms with van der Waals surface area (Å²) in [5.41, 5.74) is 1.64. The van der Waals surface area contributed by atoms with Crippen LogP contribution in [0.4, 0.5) is 0 Å². The molecule has 2 amide bonds. The van der Waals surface area contributed by atoms with E-state index in [0.717, 1.165) is 11.1 Å². The number of hydrogen-bond donors (Lipinski definition) is 4. The summed E-state index contributed by atoms with van der Waals surface area (Å²) < 4.78 is 28.0. The van der Waals surface area contributed by atoms with Crippen LogP contribution in [-0.2, 0) is 35.6 Å². The fourth-order valence-electron chi connectivity index (χ4n) is 2.97. The third-order valence-electron chi connectivity index (χ3n) is 4.40. The predicted octanol–water partition coefficient (Wildman–Crippen LogP) is -0.0502. The molecule has 0 bridgehead atoms. The minimum atomic E-state index is -3.73. The molecule has 11 heteroatoms. The van der Waals surface area contributed by atoms with Crippen LogP contribution in [-0.4, -0.2) is 51.1 Å². The van der Waals surface area contributed by atoms with Gasteiger partial charge in [0.25, 0.3) is 12.4 Å². The average molecular weight is 449 g/mol. The number of carboxylic acid groups (broad SMARTS) is 1. The van der Waals surface area contributed by atoms with Crippen molar-refractivity contribution in [3.05, 3.63) is 65.7 Å². The van der Waals surface area contributed by atoms with E-state index in [2.05, 4.69) is 10.6 Å². The lowest BCUT2D eigenvalue weighted by molar-refractivity contribution is -0.148. The number of carbonyl (C=O) groups excluding carboxylic acids is 2. The Morgan fingerprint density at radius 2 is 1.81 bits per heavy atom. The Morgan fingerprint density at radius 3 is 2.39 bits per heavy atom. The van der Waals surface area contributed by atoms with Crippen LogP contribution in [0.25, 0.3) is 0 Å². The molecule has 0 aromatic heterocycles. The Bertz CT molecular complexity index is 995. The SMILES string of the molecule is NS(=O)(=O)c1ccc(CCNC(=O)[C@H]2OCC(=O)N[C@@H]2c2ccccc2)cc1.O=CO. The zero-order valence-corrected chi connectivity index (χ0v) is 17.2. The molecule has 5 N–H and O–H groups in total. The van der Waals surface area contributed by atoms with Gasteiger partial charge in [-0.15, -0.1) is 0 Å². The van der Waals surface area contributed by atoms with E-state index in [-0.39, 0.29) is 29.8 Å². The maximum atomic E-state index is 12.6. The topological polar surface area (TPSA) is 165 Å². The van der Waals surface area contributed by atoms with E-state index in [1.807, 2.05) is 30.3 Å². The second-order valence-electron chi connectivity index (χ2n) is 6.52. The van der Waals surface area contributed by atoms with Gasteiger partial charge in [-0.1, -0.05) is 42.5 Å². The second-order valence-corrected chi connectivity index (χ2v) is 8.08. The molecule has 2 atom stereocenters. The predicted molar refractivity (Wildman–Crippen MR) is 110 cm³/mol. The normalized spacial score (nSPS) is 18.2. The molecule has 1 aliphatic rings. The summed E-state index contributed by atoms with van der Waals surface area (Å²) in [5, 5.41) is 17.6. The lowest BCUT2D eigenvalue weighted by atomic mass is 9.99. The molecule has 2 aromatic carbocycles. The van der Waals surface area contributed by atoms with Crippen LogP contribution in [0.2, 0.25) is 0 Å². The number of nitrogens with one attached hydrogen (secondary N) is 2. The van der Waals surface area contributed by atoms with Crippen LogP contribution in [0.1, 0.15) is 17.2 Å². The van der Waals surface area contributed by atoms with Crippen LogP contribution >= 0.6 is 0 Å². The quantitative estimate of drug-likeness (QED) is 0.449. The van der Waals surface area contributed by atoms with Gasteiger partial charge in [0, 0.05) is 6.54 Å². The third kappa shape index (κ3) is 7.17. The molecule has 1 fully saturated rings. The van der Waals surface area contributed by atoms with Gasteiger partial charge >= 0.3 is 0 Å². The summed E-state index contributed by atoms with van der Waals surface area (Å²) in [4.78, 5) is 32.7. The monoisotopic (exact) mass is 449 g/mol. The molecule has 3 rings (SSSR count). The molecule has 166 valence electrons. The Kier molecular flexibility index (Phi) is 8.67. The number of ether oxygens (including phenoxy) is 1. The van der Waals surface area contributed by atoms with Crippen molar-refractivity contribution in [2.24, 2.45) is 5.14 Å². The molecule has 1 heterocycles. The largest absolute Gasteiger partial charge is 0.483 e. The van der Waals surface area contributed by atoms with E-state index in [0.29, 0.717) is 13.0 Å². The summed E-state index contributed by atoms with van der Waals surface area (Å²) in [6.45, 7) is -0.0840. The molecule has 0 aliphatic carbocycles. The zero-order chi connectivity index (χ0) is 22.9. The van der Waals surface area contributed by atoms with E-state index in [4.69, 9.17) is 19.8 Å². The minimum Gasteiger partial charge on any atom is -0.483 e. The molecule has 2 aromatic rings. The minimum absolute atomic E-state index is 0.0392. The Hall–Kier alpha value is -3.28. The van der Waals surface area contributed by atoms with Gasteiger partial charge < -0.3 is 20.5 Å². The number of hydrogen-bond acceptors (Lipinski definition) is 6. The third-order valence-corrected chi connectivity index (χ3v) is 5.32. The van der Waals surface area contributed by atoms with Crippen molar-refractivity contribution in [3.63, 3.8) is 0 Å². The van der Waals surface area contributed by atoms with Gasteiger partial charge in [0.2, 0.25) is 15.9 Å². The molecule has 0 radical (unpaired) electrons. The van der Waals surface area contributed by atoms with Crippen LogP contribution in [0.15, 0.2) is 59.5 Å². The lowest BCUT2D eigenvalue weighted by Gasteiger charge is -2.31. The van der Waals surface area contributed by atoms with Crippen molar-refractivity contribution in [2.75, 3.05) is 13.2 Å². The first-order valence-electron chi connectivity index (χ1n) is 9.19. The van der Waals surface area contributed by atoms with Crippen molar-refractivity contribution < 1.29 is 32.6 Å². The Labute approximate surface area is 179 Å². The first kappa shape index (κ1) is 24.0. The Balaban J connectivity index is 0.00000107. The molecule has 1 aliphatic heterocycles. The molecule has 0 saturated carbocycles. The van der Waals surface area contributed by atoms with Crippen LogP contribution in [0.3, 0.4) is 0 Å². The lowest BCUT2D eigenvalue weighted by Crippen LogP contribution is -2.52. The number of primary sulfonamides is 1. The number of benzene rings is 2. The van der Waals surface area contributed by atoms with E-state index in [1.54, 1.807) is 12.1 Å². The van der Waals surface area contributed by atoms with Crippen molar-refractivity contribution in [1.29, 1.82) is 0 Å². The van der Waals surface area contributed by atoms with Crippen molar-refractivity contribution in [3.8, 4) is 0 Å². The van der Waals surface area contributed by atoms with Gasteiger partial charge in [-0.3, -0.25) is 14.4 Å². The fraction of sp³-hybridized carbons (Fsp3) is 0.250. The highest BCUT2D eigenvalue weighted by Gasteiger charge is 2.35. The van der Waals surface area contributed by atoms with Crippen molar-refractivity contribution in [1.82, 2.24) is 10.6 Å².